The summed E-state index contributed by atoms with van der Waals surface area (Å²) in [6.07, 6.45) is 3.49. The van der Waals surface area contributed by atoms with Crippen LogP contribution in [0.5, 0.6) is 0 Å². The maximum atomic E-state index is 13.2. The van der Waals surface area contributed by atoms with Gasteiger partial charge in [0.1, 0.15) is 17.8 Å². The normalized spacial score (nSPS) is 20.6. The molecule has 0 unspecified atom stereocenters. The predicted octanol–water partition coefficient (Wildman–Crippen LogP) is 3.27. The molecule has 0 spiro atoms. The Kier molecular flexibility index (Phi) is 4.85. The molecule has 2 aliphatic rings. The van der Waals surface area contributed by atoms with Gasteiger partial charge in [-0.05, 0) is 37.5 Å². The zero-order chi connectivity index (χ0) is 19.8. The lowest BCUT2D eigenvalue weighted by molar-refractivity contribution is 0.0313. The van der Waals surface area contributed by atoms with Crippen LogP contribution in [0.3, 0.4) is 0 Å². The van der Waals surface area contributed by atoms with Crippen molar-refractivity contribution in [1.29, 1.82) is 0 Å². The third kappa shape index (κ3) is 3.56. The molecule has 1 atom stereocenters. The van der Waals surface area contributed by atoms with Gasteiger partial charge in [0.15, 0.2) is 0 Å². The van der Waals surface area contributed by atoms with Crippen LogP contribution >= 0.6 is 0 Å². The van der Waals surface area contributed by atoms with Crippen LogP contribution in [0.15, 0.2) is 34.9 Å². The number of benzene rings is 1. The summed E-state index contributed by atoms with van der Waals surface area (Å²) in [6.45, 7) is 6.80. The average molecular weight is 394 g/mol. The highest BCUT2D eigenvalue weighted by molar-refractivity contribution is 5.94. The van der Waals surface area contributed by atoms with E-state index in [4.69, 9.17) is 14.1 Å². The fraction of sp³-hybridized carbons (Fsp3) is 0.455. The molecular weight excluding hydrogens is 368 g/mol. The minimum Gasteiger partial charge on any atom is -0.467 e. The number of ether oxygens (including phenoxy) is 1. The molecule has 2 fully saturated rings. The molecule has 1 aromatic carbocycles. The van der Waals surface area contributed by atoms with Gasteiger partial charge >= 0.3 is 0 Å². The number of rotatable bonds is 4. The molecule has 1 N–H and O–H groups in total. The van der Waals surface area contributed by atoms with Crippen molar-refractivity contribution in [2.75, 3.05) is 32.8 Å². The highest BCUT2D eigenvalue weighted by Gasteiger charge is 2.33. The van der Waals surface area contributed by atoms with Crippen LogP contribution in [0, 0.1) is 6.92 Å². The SMILES string of the molecule is Cc1cccc2[nH]c([C@@H]3CCCN3C(=O)c3coc(CN4CCOCC4)c3)nc12. The molecule has 0 bridgehead atoms. The molecule has 152 valence electrons. The number of likely N-dealkylation sites (tertiary alicyclic amines) is 1. The van der Waals surface area contributed by atoms with Crippen LogP contribution in [0.2, 0.25) is 0 Å². The number of hydrogen-bond acceptors (Lipinski definition) is 5. The van der Waals surface area contributed by atoms with Crippen LogP contribution in [0.4, 0.5) is 0 Å². The predicted molar refractivity (Wildman–Crippen MR) is 109 cm³/mol. The van der Waals surface area contributed by atoms with E-state index in [9.17, 15) is 4.79 Å². The summed E-state index contributed by atoms with van der Waals surface area (Å²) < 4.78 is 11.1. The van der Waals surface area contributed by atoms with Crippen molar-refractivity contribution in [3.63, 3.8) is 0 Å². The van der Waals surface area contributed by atoms with Gasteiger partial charge in [-0.1, -0.05) is 12.1 Å². The van der Waals surface area contributed by atoms with Crippen molar-refractivity contribution in [3.8, 4) is 0 Å². The van der Waals surface area contributed by atoms with E-state index in [-0.39, 0.29) is 11.9 Å². The molecule has 0 aliphatic carbocycles. The summed E-state index contributed by atoms with van der Waals surface area (Å²) in [7, 11) is 0. The van der Waals surface area contributed by atoms with Crippen LogP contribution < -0.4 is 0 Å². The van der Waals surface area contributed by atoms with E-state index in [2.05, 4.69) is 22.9 Å². The number of furan rings is 1. The highest BCUT2D eigenvalue weighted by Crippen LogP contribution is 2.33. The Morgan fingerprint density at radius 3 is 2.97 bits per heavy atom. The van der Waals surface area contributed by atoms with Gasteiger partial charge in [0.05, 0.1) is 42.4 Å². The lowest BCUT2D eigenvalue weighted by Crippen LogP contribution is -2.35. The van der Waals surface area contributed by atoms with Crippen molar-refractivity contribution in [2.24, 2.45) is 0 Å². The minimum atomic E-state index is -0.0214. The van der Waals surface area contributed by atoms with E-state index in [0.29, 0.717) is 12.1 Å². The molecule has 29 heavy (non-hydrogen) atoms. The Morgan fingerprint density at radius 1 is 1.28 bits per heavy atom. The second kappa shape index (κ2) is 7.65. The van der Waals surface area contributed by atoms with E-state index in [1.54, 1.807) is 6.26 Å². The molecular formula is C22H26N4O3. The lowest BCUT2D eigenvalue weighted by Gasteiger charge is -2.25. The highest BCUT2D eigenvalue weighted by atomic mass is 16.5. The van der Waals surface area contributed by atoms with Crippen molar-refractivity contribution < 1.29 is 13.9 Å². The van der Waals surface area contributed by atoms with E-state index < -0.39 is 0 Å². The number of H-pyrrole nitrogens is 1. The van der Waals surface area contributed by atoms with E-state index in [1.807, 2.05) is 23.1 Å². The van der Waals surface area contributed by atoms with Crippen LogP contribution in [0.1, 0.15) is 46.4 Å². The molecule has 4 heterocycles. The van der Waals surface area contributed by atoms with Gasteiger partial charge in [-0.25, -0.2) is 4.98 Å². The number of nitrogens with one attached hydrogen (secondary N) is 1. The van der Waals surface area contributed by atoms with Crippen molar-refractivity contribution in [2.45, 2.75) is 32.4 Å². The Bertz CT molecular complexity index is 1020. The van der Waals surface area contributed by atoms with Crippen molar-refractivity contribution in [3.05, 3.63) is 53.2 Å². The van der Waals surface area contributed by atoms with Crippen LogP contribution in [-0.2, 0) is 11.3 Å². The largest absolute Gasteiger partial charge is 0.467 e. The van der Waals surface area contributed by atoms with Gasteiger partial charge in [0, 0.05) is 19.6 Å². The van der Waals surface area contributed by atoms with Crippen LogP contribution in [0.25, 0.3) is 11.0 Å². The smallest absolute Gasteiger partial charge is 0.257 e. The van der Waals surface area contributed by atoms with Crippen molar-refractivity contribution in [1.82, 2.24) is 19.8 Å². The Morgan fingerprint density at radius 2 is 2.14 bits per heavy atom. The van der Waals surface area contributed by atoms with Gasteiger partial charge in [0.25, 0.3) is 5.91 Å². The monoisotopic (exact) mass is 394 g/mol. The fourth-order valence-corrected chi connectivity index (χ4v) is 4.37. The number of hydrogen-bond donors (Lipinski definition) is 1. The minimum absolute atomic E-state index is 0.0154. The first-order chi connectivity index (χ1) is 14.2. The summed E-state index contributed by atoms with van der Waals surface area (Å²) in [6, 6.07) is 7.99. The topological polar surface area (TPSA) is 74.6 Å². The van der Waals surface area contributed by atoms with Gasteiger partial charge in [-0.2, -0.15) is 0 Å². The number of aryl methyl sites for hydroxylation is 1. The standard InChI is InChI=1S/C22H26N4O3/c1-15-4-2-5-18-20(15)24-21(23-18)19-6-3-7-26(19)22(27)16-12-17(29-14-16)13-25-8-10-28-11-9-25/h2,4-5,12,14,19H,3,6-11,13H2,1H3,(H,23,24)/t19-/m0/s1. The molecule has 1 amide bonds. The Hall–Kier alpha value is -2.64. The van der Waals surface area contributed by atoms with E-state index in [1.165, 1.54) is 0 Å². The first-order valence-electron chi connectivity index (χ1n) is 10.3. The van der Waals surface area contributed by atoms with E-state index >= 15 is 0 Å². The molecule has 7 heteroatoms. The van der Waals surface area contributed by atoms with Gasteiger partial charge < -0.3 is 19.0 Å². The fourth-order valence-electron chi connectivity index (χ4n) is 4.37. The van der Waals surface area contributed by atoms with Crippen molar-refractivity contribution >= 4 is 16.9 Å². The number of amides is 1. The maximum absolute atomic E-state index is 13.2. The van der Waals surface area contributed by atoms with Gasteiger partial charge in [-0.15, -0.1) is 0 Å². The first-order valence-corrected chi connectivity index (χ1v) is 10.3. The second-order valence-electron chi connectivity index (χ2n) is 7.94. The molecule has 5 rings (SSSR count). The molecule has 0 radical (unpaired) electrons. The second-order valence-corrected chi connectivity index (χ2v) is 7.94. The molecule has 3 aromatic rings. The summed E-state index contributed by atoms with van der Waals surface area (Å²) in [5, 5.41) is 0. The molecule has 2 aliphatic heterocycles. The zero-order valence-corrected chi connectivity index (χ0v) is 16.7. The number of aromatic amines is 1. The molecule has 2 saturated heterocycles. The number of imidazole rings is 1. The molecule has 2 aromatic heterocycles. The summed E-state index contributed by atoms with van der Waals surface area (Å²) in [4.78, 5) is 25.7. The first kappa shape index (κ1) is 18.4. The lowest BCUT2D eigenvalue weighted by atomic mass is 10.2. The van der Waals surface area contributed by atoms with E-state index in [0.717, 1.165) is 73.9 Å². The average Bonchev–Trinajstić information content (AvgIpc) is 3.47. The number of morpholine rings is 1. The summed E-state index contributed by atoms with van der Waals surface area (Å²) >= 11 is 0. The number of aromatic nitrogens is 2. The van der Waals surface area contributed by atoms with Gasteiger partial charge in [0.2, 0.25) is 0 Å². The number of carbonyl (C=O) groups is 1. The Balaban J connectivity index is 1.34. The van der Waals surface area contributed by atoms with Gasteiger partial charge in [-0.3, -0.25) is 9.69 Å². The number of fused-ring (bicyclic) bond motifs is 1. The summed E-state index contributed by atoms with van der Waals surface area (Å²) in [5.41, 5.74) is 3.77. The number of carbonyl (C=O) groups excluding carboxylic acids is 1. The summed E-state index contributed by atoms with van der Waals surface area (Å²) in [5.74, 6) is 1.71. The number of para-hydroxylation sites is 1. The maximum Gasteiger partial charge on any atom is 0.257 e. The Labute approximate surface area is 169 Å². The number of nitrogens with zero attached hydrogens (tertiary/aromatic N) is 3. The molecule has 0 saturated carbocycles. The van der Waals surface area contributed by atoms with Crippen LogP contribution in [-0.4, -0.2) is 58.5 Å². The third-order valence-corrected chi connectivity index (χ3v) is 5.95. The molecule has 7 nitrogen and oxygen atoms in total. The third-order valence-electron chi connectivity index (χ3n) is 5.95. The zero-order valence-electron chi connectivity index (χ0n) is 16.7. The quantitative estimate of drug-likeness (QED) is 0.735.